The van der Waals surface area contributed by atoms with Gasteiger partial charge in [0.1, 0.15) is 5.82 Å². The summed E-state index contributed by atoms with van der Waals surface area (Å²) in [4.78, 5) is 26.3. The predicted octanol–water partition coefficient (Wildman–Crippen LogP) is 3.37. The van der Waals surface area contributed by atoms with Crippen LogP contribution in [0.25, 0.3) is 11.4 Å². The van der Waals surface area contributed by atoms with Crippen LogP contribution >= 0.6 is 0 Å². The molecule has 0 unspecified atom stereocenters. The summed E-state index contributed by atoms with van der Waals surface area (Å²) in [6.45, 7) is 5.35. The molecule has 136 valence electrons. The highest BCUT2D eigenvalue weighted by atomic mass is 16.2. The van der Waals surface area contributed by atoms with E-state index in [2.05, 4.69) is 21.7 Å². The summed E-state index contributed by atoms with van der Waals surface area (Å²) in [6.07, 6.45) is 6.27. The molecule has 2 aliphatic rings. The molecule has 0 spiro atoms. The van der Waals surface area contributed by atoms with Crippen molar-refractivity contribution in [3.8, 4) is 11.4 Å². The second-order valence-corrected chi connectivity index (χ2v) is 7.65. The second kappa shape index (κ2) is 7.06. The van der Waals surface area contributed by atoms with E-state index in [1.807, 2.05) is 42.6 Å². The molecule has 5 nitrogen and oxygen atoms in total. The molecule has 2 fully saturated rings. The highest BCUT2D eigenvalue weighted by Gasteiger charge is 2.39. The molecule has 0 bridgehead atoms. The van der Waals surface area contributed by atoms with Gasteiger partial charge in [0, 0.05) is 43.4 Å². The lowest BCUT2D eigenvalue weighted by molar-refractivity contribution is -0.141. The average molecular weight is 350 g/mol. The van der Waals surface area contributed by atoms with Crippen molar-refractivity contribution in [2.45, 2.75) is 32.6 Å². The molecule has 1 aromatic carbocycles. The van der Waals surface area contributed by atoms with E-state index in [1.54, 1.807) is 0 Å². The van der Waals surface area contributed by atoms with Crippen molar-refractivity contribution >= 4 is 11.7 Å². The molecule has 26 heavy (non-hydrogen) atoms. The fraction of sp³-hybridized carbons (Fsp3) is 0.476. The number of carbonyl (C=O) groups is 1. The number of carbonyl (C=O) groups excluding carboxylic acids is 1. The van der Waals surface area contributed by atoms with Gasteiger partial charge in [0.05, 0.1) is 0 Å². The van der Waals surface area contributed by atoms with E-state index in [0.717, 1.165) is 56.2 Å². The zero-order chi connectivity index (χ0) is 18.0. The Labute approximate surface area is 155 Å². The van der Waals surface area contributed by atoms with Crippen LogP contribution in [-0.2, 0) is 4.79 Å². The van der Waals surface area contributed by atoms with Crippen LogP contribution < -0.4 is 4.90 Å². The molecule has 0 radical (unpaired) electrons. The quantitative estimate of drug-likeness (QED) is 0.851. The molecule has 4 rings (SSSR count). The predicted molar refractivity (Wildman–Crippen MR) is 103 cm³/mol. The summed E-state index contributed by atoms with van der Waals surface area (Å²) in [5, 5.41) is 0. The molecular formula is C21H26N4O. The Hall–Kier alpha value is -2.43. The maximum Gasteiger partial charge on any atom is 0.228 e. The van der Waals surface area contributed by atoms with Crippen LogP contribution in [0.2, 0.25) is 0 Å². The van der Waals surface area contributed by atoms with Crippen LogP contribution in [0.1, 0.15) is 32.6 Å². The minimum Gasteiger partial charge on any atom is -0.353 e. The number of nitrogens with zero attached hydrogens (tertiary/aromatic N) is 4. The van der Waals surface area contributed by atoms with Gasteiger partial charge in [-0.15, -0.1) is 0 Å². The van der Waals surface area contributed by atoms with Gasteiger partial charge >= 0.3 is 0 Å². The Kier molecular flexibility index (Phi) is 4.62. The van der Waals surface area contributed by atoms with Crippen LogP contribution in [0.3, 0.4) is 0 Å². The topological polar surface area (TPSA) is 49.3 Å². The molecule has 1 amide bonds. The van der Waals surface area contributed by atoms with Crippen molar-refractivity contribution in [2.75, 3.05) is 31.1 Å². The Morgan fingerprint density at radius 2 is 1.69 bits per heavy atom. The van der Waals surface area contributed by atoms with Crippen molar-refractivity contribution in [1.29, 1.82) is 0 Å². The average Bonchev–Trinajstić information content (AvgIpc) is 3.16. The van der Waals surface area contributed by atoms with E-state index in [-0.39, 0.29) is 5.41 Å². The van der Waals surface area contributed by atoms with Crippen molar-refractivity contribution in [3.63, 3.8) is 0 Å². The van der Waals surface area contributed by atoms with E-state index in [4.69, 9.17) is 4.98 Å². The number of hydrogen-bond donors (Lipinski definition) is 0. The minimum absolute atomic E-state index is 0.127. The van der Waals surface area contributed by atoms with Crippen LogP contribution in [0.5, 0.6) is 0 Å². The largest absolute Gasteiger partial charge is 0.353 e. The number of rotatable bonds is 3. The van der Waals surface area contributed by atoms with Gasteiger partial charge < -0.3 is 9.80 Å². The highest BCUT2D eigenvalue weighted by Crippen LogP contribution is 2.39. The number of benzene rings is 1. The summed E-state index contributed by atoms with van der Waals surface area (Å²) >= 11 is 0. The lowest BCUT2D eigenvalue weighted by atomic mass is 9.87. The van der Waals surface area contributed by atoms with Gasteiger partial charge in [-0.05, 0) is 18.9 Å². The summed E-state index contributed by atoms with van der Waals surface area (Å²) in [7, 11) is 0. The van der Waals surface area contributed by atoms with Gasteiger partial charge in [0.25, 0.3) is 0 Å². The van der Waals surface area contributed by atoms with Crippen LogP contribution in [-0.4, -0.2) is 47.0 Å². The highest BCUT2D eigenvalue weighted by molar-refractivity contribution is 5.83. The molecule has 1 aliphatic heterocycles. The van der Waals surface area contributed by atoms with E-state index >= 15 is 0 Å². The summed E-state index contributed by atoms with van der Waals surface area (Å²) < 4.78 is 0. The third-order valence-electron chi connectivity index (χ3n) is 5.79. The van der Waals surface area contributed by atoms with Crippen molar-refractivity contribution in [2.24, 2.45) is 5.41 Å². The maximum absolute atomic E-state index is 12.9. The van der Waals surface area contributed by atoms with Crippen LogP contribution in [0.4, 0.5) is 5.82 Å². The van der Waals surface area contributed by atoms with E-state index in [1.165, 1.54) is 12.8 Å². The molecular weight excluding hydrogens is 324 g/mol. The molecule has 1 aliphatic carbocycles. The fourth-order valence-electron chi connectivity index (χ4n) is 4.14. The first kappa shape index (κ1) is 17.0. The van der Waals surface area contributed by atoms with E-state index < -0.39 is 0 Å². The van der Waals surface area contributed by atoms with Gasteiger partial charge in [-0.25, -0.2) is 9.97 Å². The van der Waals surface area contributed by atoms with Crippen molar-refractivity contribution < 1.29 is 4.79 Å². The third kappa shape index (κ3) is 3.30. The smallest absolute Gasteiger partial charge is 0.228 e. The fourth-order valence-corrected chi connectivity index (χ4v) is 4.14. The van der Waals surface area contributed by atoms with Crippen molar-refractivity contribution in [1.82, 2.24) is 14.9 Å². The van der Waals surface area contributed by atoms with Gasteiger partial charge in [0.2, 0.25) is 5.91 Å². The van der Waals surface area contributed by atoms with Crippen LogP contribution in [0.15, 0.2) is 42.6 Å². The summed E-state index contributed by atoms with van der Waals surface area (Å²) in [5.41, 5.74) is 0.898. The van der Waals surface area contributed by atoms with Gasteiger partial charge in [-0.2, -0.15) is 0 Å². The molecule has 1 saturated heterocycles. The zero-order valence-electron chi connectivity index (χ0n) is 15.4. The first-order valence-electron chi connectivity index (χ1n) is 9.59. The normalized spacial score (nSPS) is 19.6. The molecule has 0 atom stereocenters. The zero-order valence-corrected chi connectivity index (χ0v) is 15.4. The monoisotopic (exact) mass is 350 g/mol. The van der Waals surface area contributed by atoms with Gasteiger partial charge in [0.15, 0.2) is 5.82 Å². The lowest BCUT2D eigenvalue weighted by Gasteiger charge is -2.39. The van der Waals surface area contributed by atoms with Gasteiger partial charge in [-0.3, -0.25) is 4.79 Å². The molecule has 1 aromatic heterocycles. The van der Waals surface area contributed by atoms with E-state index in [9.17, 15) is 4.79 Å². The lowest BCUT2D eigenvalue weighted by Crippen LogP contribution is -2.52. The van der Waals surface area contributed by atoms with Gasteiger partial charge in [-0.1, -0.05) is 50.1 Å². The first-order valence-corrected chi connectivity index (χ1v) is 9.59. The maximum atomic E-state index is 12.9. The number of hydrogen-bond acceptors (Lipinski definition) is 4. The SMILES string of the molecule is CC1(C(=O)N2CCN(c3ccnc(-c4ccccc4)n3)CC2)CCCC1. The molecule has 1 saturated carbocycles. The molecule has 5 heteroatoms. The van der Waals surface area contributed by atoms with Crippen LogP contribution in [0, 0.1) is 5.41 Å². The number of piperazine rings is 1. The number of anilines is 1. The summed E-state index contributed by atoms with van der Waals surface area (Å²) in [5.74, 6) is 2.04. The Morgan fingerprint density at radius 1 is 1.00 bits per heavy atom. The first-order chi connectivity index (χ1) is 12.7. The number of amides is 1. The molecule has 2 heterocycles. The second-order valence-electron chi connectivity index (χ2n) is 7.65. The third-order valence-corrected chi connectivity index (χ3v) is 5.79. The molecule has 0 N–H and O–H groups in total. The standard InChI is InChI=1S/C21H26N4O/c1-21(10-5-6-11-21)20(26)25-15-13-24(14-16-25)18-9-12-22-19(23-18)17-7-3-2-4-8-17/h2-4,7-9,12H,5-6,10-11,13-16H2,1H3. The Morgan fingerprint density at radius 3 is 2.38 bits per heavy atom. The summed E-state index contributed by atoms with van der Waals surface area (Å²) in [6, 6.07) is 12.0. The Bertz CT molecular complexity index is 763. The van der Waals surface area contributed by atoms with E-state index in [0.29, 0.717) is 5.91 Å². The minimum atomic E-state index is -0.127. The number of aromatic nitrogens is 2. The molecule has 2 aromatic rings. The Balaban J connectivity index is 1.43. The van der Waals surface area contributed by atoms with Crippen molar-refractivity contribution in [3.05, 3.63) is 42.6 Å².